The predicted octanol–water partition coefficient (Wildman–Crippen LogP) is 1.29. The molecule has 0 aliphatic heterocycles. The standard InChI is InChI=1S/C12H22N2O/c1-9-2-5-11(8-9)13-6-7-14-12(15)10-3-4-10/h9-11,13H,2-8H2,1H3,(H,14,15)/t9-,11+/m0/s1. The fraction of sp³-hybridized carbons (Fsp3) is 0.917. The summed E-state index contributed by atoms with van der Waals surface area (Å²) >= 11 is 0. The van der Waals surface area contributed by atoms with Crippen LogP contribution in [-0.4, -0.2) is 25.0 Å². The smallest absolute Gasteiger partial charge is 0.223 e. The number of rotatable bonds is 5. The highest BCUT2D eigenvalue weighted by Gasteiger charge is 2.29. The molecule has 2 fully saturated rings. The normalized spacial score (nSPS) is 30.5. The Hall–Kier alpha value is -0.570. The van der Waals surface area contributed by atoms with E-state index in [1.165, 1.54) is 19.3 Å². The largest absolute Gasteiger partial charge is 0.355 e. The zero-order valence-electron chi connectivity index (χ0n) is 9.59. The van der Waals surface area contributed by atoms with Gasteiger partial charge in [0.2, 0.25) is 5.91 Å². The average Bonchev–Trinajstić information content (AvgIpc) is 2.98. The summed E-state index contributed by atoms with van der Waals surface area (Å²) in [5.41, 5.74) is 0. The van der Waals surface area contributed by atoms with Crippen LogP contribution in [0.5, 0.6) is 0 Å². The number of hydrogen-bond acceptors (Lipinski definition) is 2. The third-order valence-electron chi connectivity index (χ3n) is 3.50. The quantitative estimate of drug-likeness (QED) is 0.671. The van der Waals surface area contributed by atoms with Gasteiger partial charge in [-0.15, -0.1) is 0 Å². The van der Waals surface area contributed by atoms with Gasteiger partial charge in [-0.25, -0.2) is 0 Å². The molecular weight excluding hydrogens is 188 g/mol. The summed E-state index contributed by atoms with van der Waals surface area (Å²) < 4.78 is 0. The van der Waals surface area contributed by atoms with Crippen molar-refractivity contribution in [2.24, 2.45) is 11.8 Å². The minimum absolute atomic E-state index is 0.261. The molecule has 0 aromatic heterocycles. The van der Waals surface area contributed by atoms with Crippen molar-refractivity contribution in [3.63, 3.8) is 0 Å². The Morgan fingerprint density at radius 3 is 2.60 bits per heavy atom. The van der Waals surface area contributed by atoms with Crippen LogP contribution in [0.2, 0.25) is 0 Å². The molecule has 1 amide bonds. The molecule has 2 aliphatic rings. The van der Waals surface area contributed by atoms with Crippen LogP contribution >= 0.6 is 0 Å². The zero-order chi connectivity index (χ0) is 10.7. The van der Waals surface area contributed by atoms with Crippen molar-refractivity contribution < 1.29 is 4.79 Å². The molecule has 2 N–H and O–H groups in total. The summed E-state index contributed by atoms with van der Waals surface area (Å²) in [6.07, 6.45) is 6.15. The summed E-state index contributed by atoms with van der Waals surface area (Å²) in [5.74, 6) is 1.48. The van der Waals surface area contributed by atoms with Gasteiger partial charge in [0.25, 0.3) is 0 Å². The van der Waals surface area contributed by atoms with E-state index in [1.807, 2.05) is 0 Å². The van der Waals surface area contributed by atoms with Gasteiger partial charge in [0.05, 0.1) is 0 Å². The maximum absolute atomic E-state index is 11.3. The highest BCUT2D eigenvalue weighted by atomic mass is 16.2. The monoisotopic (exact) mass is 210 g/mol. The Kier molecular flexibility index (Phi) is 3.62. The summed E-state index contributed by atoms with van der Waals surface area (Å²) in [6, 6.07) is 0.692. The van der Waals surface area contributed by atoms with Crippen molar-refractivity contribution in [2.75, 3.05) is 13.1 Å². The van der Waals surface area contributed by atoms with E-state index in [0.717, 1.165) is 31.8 Å². The Labute approximate surface area is 92.0 Å². The number of nitrogens with one attached hydrogen (secondary N) is 2. The summed E-state index contributed by atoms with van der Waals surface area (Å²) in [7, 11) is 0. The van der Waals surface area contributed by atoms with E-state index >= 15 is 0 Å². The number of carbonyl (C=O) groups excluding carboxylic acids is 1. The van der Waals surface area contributed by atoms with Gasteiger partial charge in [-0.3, -0.25) is 4.79 Å². The SMILES string of the molecule is C[C@H]1CC[C@@H](NCCNC(=O)C2CC2)C1. The van der Waals surface area contributed by atoms with E-state index in [-0.39, 0.29) is 5.91 Å². The number of carbonyl (C=O) groups is 1. The molecule has 0 radical (unpaired) electrons. The molecule has 0 aromatic carbocycles. The minimum Gasteiger partial charge on any atom is -0.355 e. The van der Waals surface area contributed by atoms with E-state index < -0.39 is 0 Å². The summed E-state index contributed by atoms with van der Waals surface area (Å²) in [4.78, 5) is 11.3. The van der Waals surface area contributed by atoms with Crippen LogP contribution in [0.4, 0.5) is 0 Å². The van der Waals surface area contributed by atoms with Crippen molar-refractivity contribution >= 4 is 5.91 Å². The molecule has 2 saturated carbocycles. The second-order valence-corrected chi connectivity index (χ2v) is 5.13. The van der Waals surface area contributed by atoms with Crippen LogP contribution in [0.3, 0.4) is 0 Å². The second-order valence-electron chi connectivity index (χ2n) is 5.13. The van der Waals surface area contributed by atoms with Crippen LogP contribution in [0, 0.1) is 11.8 Å². The van der Waals surface area contributed by atoms with Gasteiger partial charge >= 0.3 is 0 Å². The van der Waals surface area contributed by atoms with E-state index in [2.05, 4.69) is 17.6 Å². The molecule has 2 rings (SSSR count). The van der Waals surface area contributed by atoms with Crippen molar-refractivity contribution in [1.29, 1.82) is 0 Å². The van der Waals surface area contributed by atoms with Crippen LogP contribution in [0.1, 0.15) is 39.0 Å². The first-order valence-corrected chi connectivity index (χ1v) is 6.27. The summed E-state index contributed by atoms with van der Waals surface area (Å²) in [5, 5.41) is 6.49. The molecule has 0 spiro atoms. The zero-order valence-corrected chi connectivity index (χ0v) is 9.59. The molecule has 2 atom stereocenters. The van der Waals surface area contributed by atoms with Gasteiger partial charge in [0.15, 0.2) is 0 Å². The lowest BCUT2D eigenvalue weighted by Gasteiger charge is -2.12. The van der Waals surface area contributed by atoms with Gasteiger partial charge in [0.1, 0.15) is 0 Å². The highest BCUT2D eigenvalue weighted by molar-refractivity contribution is 5.80. The summed E-state index contributed by atoms with van der Waals surface area (Å²) in [6.45, 7) is 4.03. The van der Waals surface area contributed by atoms with Crippen molar-refractivity contribution in [3.8, 4) is 0 Å². The molecule has 0 unspecified atom stereocenters. The van der Waals surface area contributed by atoms with E-state index in [9.17, 15) is 4.79 Å². The van der Waals surface area contributed by atoms with Gasteiger partial charge in [-0.05, 0) is 38.0 Å². The van der Waals surface area contributed by atoms with Crippen LogP contribution in [-0.2, 0) is 4.79 Å². The first-order chi connectivity index (χ1) is 7.25. The van der Waals surface area contributed by atoms with E-state index in [0.29, 0.717) is 12.0 Å². The van der Waals surface area contributed by atoms with Crippen molar-refractivity contribution in [1.82, 2.24) is 10.6 Å². The third kappa shape index (κ3) is 3.49. The molecule has 0 aromatic rings. The highest BCUT2D eigenvalue weighted by Crippen LogP contribution is 2.28. The Balaban J connectivity index is 1.49. The molecular formula is C12H22N2O. The number of amides is 1. The maximum atomic E-state index is 11.3. The number of hydrogen-bond donors (Lipinski definition) is 2. The molecule has 3 heteroatoms. The Morgan fingerprint density at radius 2 is 2.00 bits per heavy atom. The molecule has 0 bridgehead atoms. The molecule has 3 nitrogen and oxygen atoms in total. The molecule has 2 aliphatic carbocycles. The van der Waals surface area contributed by atoms with Crippen LogP contribution in [0.15, 0.2) is 0 Å². The van der Waals surface area contributed by atoms with Gasteiger partial charge in [-0.2, -0.15) is 0 Å². The first-order valence-electron chi connectivity index (χ1n) is 6.27. The van der Waals surface area contributed by atoms with Gasteiger partial charge in [-0.1, -0.05) is 6.92 Å². The molecule has 15 heavy (non-hydrogen) atoms. The van der Waals surface area contributed by atoms with E-state index in [4.69, 9.17) is 0 Å². The molecule has 0 heterocycles. The fourth-order valence-corrected chi connectivity index (χ4v) is 2.34. The Bertz CT molecular complexity index is 226. The fourth-order valence-electron chi connectivity index (χ4n) is 2.34. The predicted molar refractivity (Wildman–Crippen MR) is 60.5 cm³/mol. The van der Waals surface area contributed by atoms with Crippen LogP contribution < -0.4 is 10.6 Å². The van der Waals surface area contributed by atoms with Crippen molar-refractivity contribution in [3.05, 3.63) is 0 Å². The Morgan fingerprint density at radius 1 is 1.20 bits per heavy atom. The lowest BCUT2D eigenvalue weighted by atomic mass is 10.1. The molecule has 86 valence electrons. The third-order valence-corrected chi connectivity index (χ3v) is 3.50. The average molecular weight is 210 g/mol. The molecule has 0 saturated heterocycles. The topological polar surface area (TPSA) is 41.1 Å². The lowest BCUT2D eigenvalue weighted by Crippen LogP contribution is -2.36. The van der Waals surface area contributed by atoms with Crippen molar-refractivity contribution in [2.45, 2.75) is 45.1 Å². The van der Waals surface area contributed by atoms with Gasteiger partial charge < -0.3 is 10.6 Å². The maximum Gasteiger partial charge on any atom is 0.223 e. The van der Waals surface area contributed by atoms with E-state index in [1.54, 1.807) is 0 Å². The minimum atomic E-state index is 0.261. The lowest BCUT2D eigenvalue weighted by molar-refractivity contribution is -0.122. The first kappa shape index (κ1) is 10.9. The van der Waals surface area contributed by atoms with Gasteiger partial charge in [0, 0.05) is 25.0 Å². The second kappa shape index (κ2) is 4.97. The van der Waals surface area contributed by atoms with Crippen LogP contribution in [0.25, 0.3) is 0 Å².